The maximum absolute atomic E-state index is 4.48. The Morgan fingerprint density at radius 1 is 1.15 bits per heavy atom. The second-order valence-corrected chi connectivity index (χ2v) is 7.36. The Bertz CT molecular complexity index is 905. The molecule has 0 radical (unpaired) electrons. The maximum Gasteiger partial charge on any atom is 0.133 e. The lowest BCUT2D eigenvalue weighted by Crippen LogP contribution is -2.41. The predicted octanol–water partition coefficient (Wildman–Crippen LogP) is 3.17. The Kier molecular flexibility index (Phi) is 5.16. The molecule has 0 aliphatic carbocycles. The normalized spacial score (nSPS) is 17.8. The highest BCUT2D eigenvalue weighted by Gasteiger charge is 2.21. The van der Waals surface area contributed by atoms with Gasteiger partial charge < -0.3 is 10.2 Å². The van der Waals surface area contributed by atoms with Crippen LogP contribution in [0.3, 0.4) is 0 Å². The predicted molar refractivity (Wildman–Crippen MR) is 110 cm³/mol. The Morgan fingerprint density at radius 2 is 2.04 bits per heavy atom. The topological polar surface area (TPSA) is 57.2 Å². The molecule has 1 aromatic carbocycles. The molecule has 2 aromatic heterocycles. The highest BCUT2D eigenvalue weighted by molar-refractivity contribution is 5.81. The zero-order valence-corrected chi connectivity index (χ0v) is 16.0. The van der Waals surface area contributed by atoms with Crippen molar-refractivity contribution >= 4 is 22.5 Å². The van der Waals surface area contributed by atoms with Crippen LogP contribution in [0.15, 0.2) is 48.9 Å². The van der Waals surface area contributed by atoms with Crippen molar-refractivity contribution in [3.8, 4) is 0 Å². The summed E-state index contributed by atoms with van der Waals surface area (Å²) >= 11 is 0. The first-order chi connectivity index (χ1) is 13.2. The molecule has 3 heterocycles. The third kappa shape index (κ3) is 4.17. The summed E-state index contributed by atoms with van der Waals surface area (Å²) in [6.45, 7) is 3.09. The number of benzene rings is 1. The van der Waals surface area contributed by atoms with Crippen LogP contribution in [-0.2, 0) is 6.54 Å². The first-order valence-electron chi connectivity index (χ1n) is 9.50. The molecule has 0 amide bonds. The van der Waals surface area contributed by atoms with E-state index in [9.17, 15) is 0 Å². The minimum absolute atomic E-state index is 0.400. The molecule has 0 spiro atoms. The SMILES string of the molecule is CN(C)c1cc(NC2CCCN(Cc3ccnc4ccccc34)C2)ncn1. The van der Waals surface area contributed by atoms with Crippen molar-refractivity contribution < 1.29 is 0 Å². The molecule has 1 aliphatic rings. The van der Waals surface area contributed by atoms with Gasteiger partial charge in [0.2, 0.25) is 0 Å². The first-order valence-corrected chi connectivity index (χ1v) is 9.50. The van der Waals surface area contributed by atoms with Crippen LogP contribution in [0.2, 0.25) is 0 Å². The van der Waals surface area contributed by atoms with Crippen molar-refractivity contribution in [1.82, 2.24) is 19.9 Å². The smallest absolute Gasteiger partial charge is 0.133 e. The van der Waals surface area contributed by atoms with E-state index in [0.717, 1.165) is 43.2 Å². The molecule has 1 N–H and O–H groups in total. The zero-order chi connectivity index (χ0) is 18.6. The maximum atomic E-state index is 4.48. The summed E-state index contributed by atoms with van der Waals surface area (Å²) in [6, 6.07) is 12.9. The van der Waals surface area contributed by atoms with Crippen molar-refractivity contribution in [2.75, 3.05) is 37.4 Å². The fraction of sp³-hybridized carbons (Fsp3) is 0.381. The molecule has 4 rings (SSSR count). The summed E-state index contributed by atoms with van der Waals surface area (Å²) in [5.74, 6) is 1.82. The van der Waals surface area contributed by atoms with Gasteiger partial charge in [-0.2, -0.15) is 0 Å². The molecule has 1 saturated heterocycles. The highest BCUT2D eigenvalue weighted by atomic mass is 15.2. The number of likely N-dealkylation sites (tertiary alicyclic amines) is 1. The number of aromatic nitrogens is 3. The van der Waals surface area contributed by atoms with Gasteiger partial charge in [0.1, 0.15) is 18.0 Å². The lowest BCUT2D eigenvalue weighted by molar-refractivity contribution is 0.209. The van der Waals surface area contributed by atoms with E-state index in [1.807, 2.05) is 37.3 Å². The molecule has 6 nitrogen and oxygen atoms in total. The number of fused-ring (bicyclic) bond motifs is 1. The summed E-state index contributed by atoms with van der Waals surface area (Å²) in [7, 11) is 3.99. The van der Waals surface area contributed by atoms with E-state index < -0.39 is 0 Å². The number of nitrogens with one attached hydrogen (secondary N) is 1. The average molecular weight is 362 g/mol. The van der Waals surface area contributed by atoms with Gasteiger partial charge in [-0.3, -0.25) is 9.88 Å². The molecule has 27 heavy (non-hydrogen) atoms. The summed E-state index contributed by atoms with van der Waals surface area (Å²) in [4.78, 5) is 17.7. The molecule has 3 aromatic rings. The van der Waals surface area contributed by atoms with E-state index in [-0.39, 0.29) is 0 Å². The van der Waals surface area contributed by atoms with Gasteiger partial charge in [-0.1, -0.05) is 18.2 Å². The van der Waals surface area contributed by atoms with Crippen molar-refractivity contribution in [2.24, 2.45) is 0 Å². The van der Waals surface area contributed by atoms with Gasteiger partial charge in [0.15, 0.2) is 0 Å². The van der Waals surface area contributed by atoms with Crippen LogP contribution in [0, 0.1) is 0 Å². The van der Waals surface area contributed by atoms with Crippen LogP contribution < -0.4 is 10.2 Å². The number of piperidine rings is 1. The van der Waals surface area contributed by atoms with Crippen LogP contribution in [0.25, 0.3) is 10.9 Å². The van der Waals surface area contributed by atoms with Gasteiger partial charge in [-0.15, -0.1) is 0 Å². The van der Waals surface area contributed by atoms with Gasteiger partial charge in [-0.05, 0) is 37.1 Å². The van der Waals surface area contributed by atoms with E-state index in [1.54, 1.807) is 6.33 Å². The van der Waals surface area contributed by atoms with Crippen LogP contribution in [0.5, 0.6) is 0 Å². The van der Waals surface area contributed by atoms with Gasteiger partial charge >= 0.3 is 0 Å². The van der Waals surface area contributed by atoms with Crippen LogP contribution in [-0.4, -0.2) is 53.1 Å². The molecule has 140 valence electrons. The molecule has 1 fully saturated rings. The first kappa shape index (κ1) is 17.7. The van der Waals surface area contributed by atoms with Crippen molar-refractivity contribution in [3.05, 3.63) is 54.5 Å². The number of nitrogens with zero attached hydrogens (tertiary/aromatic N) is 5. The summed E-state index contributed by atoms with van der Waals surface area (Å²) < 4.78 is 0. The number of hydrogen-bond acceptors (Lipinski definition) is 6. The van der Waals surface area contributed by atoms with Gasteiger partial charge in [0.25, 0.3) is 0 Å². The number of hydrogen-bond donors (Lipinski definition) is 1. The van der Waals surface area contributed by atoms with Crippen molar-refractivity contribution in [3.63, 3.8) is 0 Å². The van der Waals surface area contributed by atoms with Crippen LogP contribution in [0.1, 0.15) is 18.4 Å². The number of para-hydroxylation sites is 1. The molecule has 1 atom stereocenters. The Morgan fingerprint density at radius 3 is 2.93 bits per heavy atom. The lowest BCUT2D eigenvalue weighted by atomic mass is 10.0. The van der Waals surface area contributed by atoms with Crippen LogP contribution >= 0.6 is 0 Å². The minimum Gasteiger partial charge on any atom is -0.366 e. The van der Waals surface area contributed by atoms with E-state index >= 15 is 0 Å². The number of pyridine rings is 1. The molecule has 0 saturated carbocycles. The fourth-order valence-corrected chi connectivity index (χ4v) is 3.73. The van der Waals surface area contributed by atoms with E-state index in [0.29, 0.717) is 6.04 Å². The van der Waals surface area contributed by atoms with Crippen molar-refractivity contribution in [2.45, 2.75) is 25.4 Å². The quantitative estimate of drug-likeness (QED) is 0.752. The van der Waals surface area contributed by atoms with Gasteiger partial charge in [0, 0.05) is 50.9 Å². The lowest BCUT2D eigenvalue weighted by Gasteiger charge is -2.33. The van der Waals surface area contributed by atoms with Crippen LogP contribution in [0.4, 0.5) is 11.6 Å². The molecular weight excluding hydrogens is 336 g/mol. The third-order valence-corrected chi connectivity index (χ3v) is 5.10. The highest BCUT2D eigenvalue weighted by Crippen LogP contribution is 2.22. The zero-order valence-electron chi connectivity index (χ0n) is 16.0. The number of anilines is 2. The second kappa shape index (κ2) is 7.88. The molecule has 1 unspecified atom stereocenters. The Balaban J connectivity index is 1.44. The summed E-state index contributed by atoms with van der Waals surface area (Å²) in [5.41, 5.74) is 2.41. The van der Waals surface area contributed by atoms with E-state index in [2.05, 4.69) is 49.4 Å². The van der Waals surface area contributed by atoms with E-state index in [4.69, 9.17) is 0 Å². The molecule has 6 heteroatoms. The monoisotopic (exact) mass is 362 g/mol. The average Bonchev–Trinajstić information content (AvgIpc) is 2.69. The third-order valence-electron chi connectivity index (χ3n) is 5.10. The molecule has 1 aliphatic heterocycles. The largest absolute Gasteiger partial charge is 0.366 e. The standard InChI is InChI=1S/C21H26N6/c1-26(2)21-12-20(23-15-24-21)25-17-6-5-11-27(14-17)13-16-9-10-22-19-8-4-3-7-18(16)19/h3-4,7-10,12,15,17H,5-6,11,13-14H2,1-2H3,(H,23,24,25). The Labute approximate surface area is 160 Å². The summed E-state index contributed by atoms with van der Waals surface area (Å²) in [5, 5.41) is 4.85. The fourth-order valence-electron chi connectivity index (χ4n) is 3.73. The van der Waals surface area contributed by atoms with Gasteiger partial charge in [0.05, 0.1) is 5.52 Å². The van der Waals surface area contributed by atoms with Gasteiger partial charge in [-0.25, -0.2) is 9.97 Å². The second-order valence-electron chi connectivity index (χ2n) is 7.36. The molecule has 0 bridgehead atoms. The Hall–Kier alpha value is -2.73. The van der Waals surface area contributed by atoms with Crippen molar-refractivity contribution in [1.29, 1.82) is 0 Å². The number of rotatable bonds is 5. The van der Waals surface area contributed by atoms with E-state index in [1.165, 1.54) is 17.4 Å². The minimum atomic E-state index is 0.400. The summed E-state index contributed by atoms with van der Waals surface area (Å²) in [6.07, 6.45) is 5.89. The molecular formula is C21H26N6.